The second-order valence-corrected chi connectivity index (χ2v) is 2.56. The van der Waals surface area contributed by atoms with E-state index in [-0.39, 0.29) is 16.4 Å². The van der Waals surface area contributed by atoms with Gasteiger partial charge in [0.05, 0.1) is 10.6 Å². The van der Waals surface area contributed by atoms with Crippen LogP contribution in [0.25, 0.3) is 0 Å². The van der Waals surface area contributed by atoms with Gasteiger partial charge in [-0.1, -0.05) is 17.7 Å². The second-order valence-electron chi connectivity index (χ2n) is 2.15. The van der Waals surface area contributed by atoms with Crippen LogP contribution < -0.4 is 0 Å². The lowest BCUT2D eigenvalue weighted by atomic mass is 10.1. The molecule has 1 nitrogen and oxygen atoms in total. The SMILES string of the molecule is CC(=O)c1c(F)cccc1Cl. The molecule has 0 saturated heterocycles. The summed E-state index contributed by atoms with van der Waals surface area (Å²) in [5, 5.41) is 0.164. The lowest BCUT2D eigenvalue weighted by Crippen LogP contribution is -1.97. The Hall–Kier alpha value is -0.890. The van der Waals surface area contributed by atoms with Gasteiger partial charge >= 0.3 is 0 Å². The van der Waals surface area contributed by atoms with E-state index >= 15 is 0 Å². The minimum absolute atomic E-state index is 0.0332. The summed E-state index contributed by atoms with van der Waals surface area (Å²) in [6, 6.07) is 4.16. The summed E-state index contributed by atoms with van der Waals surface area (Å²) in [6.45, 7) is 1.28. The Morgan fingerprint density at radius 3 is 2.55 bits per heavy atom. The van der Waals surface area contributed by atoms with E-state index in [1.807, 2.05) is 0 Å². The first-order chi connectivity index (χ1) is 5.13. The lowest BCUT2D eigenvalue weighted by Gasteiger charge is -1.99. The van der Waals surface area contributed by atoms with E-state index in [1.54, 1.807) is 0 Å². The fraction of sp³-hybridized carbons (Fsp3) is 0.125. The third-order valence-corrected chi connectivity index (χ3v) is 1.63. The Kier molecular flexibility index (Phi) is 2.25. The first kappa shape index (κ1) is 8.21. The Morgan fingerprint density at radius 1 is 1.55 bits per heavy atom. The second kappa shape index (κ2) is 3.01. The first-order valence-corrected chi connectivity index (χ1v) is 3.45. The molecule has 0 aliphatic heterocycles. The highest BCUT2D eigenvalue weighted by molar-refractivity contribution is 6.33. The van der Waals surface area contributed by atoms with Gasteiger partial charge in [-0.3, -0.25) is 4.79 Å². The monoisotopic (exact) mass is 172 g/mol. The van der Waals surface area contributed by atoms with Crippen LogP contribution in [-0.4, -0.2) is 5.78 Å². The van der Waals surface area contributed by atoms with Gasteiger partial charge in [0.25, 0.3) is 0 Å². The van der Waals surface area contributed by atoms with Crippen molar-refractivity contribution >= 4 is 17.4 Å². The van der Waals surface area contributed by atoms with E-state index in [2.05, 4.69) is 0 Å². The third-order valence-electron chi connectivity index (χ3n) is 1.31. The number of hydrogen-bond acceptors (Lipinski definition) is 1. The predicted molar refractivity (Wildman–Crippen MR) is 41.4 cm³/mol. The highest BCUT2D eigenvalue weighted by Crippen LogP contribution is 2.18. The minimum atomic E-state index is -0.565. The van der Waals surface area contributed by atoms with Crippen LogP contribution in [0.1, 0.15) is 17.3 Å². The van der Waals surface area contributed by atoms with Crippen LogP contribution in [0.15, 0.2) is 18.2 Å². The predicted octanol–water partition coefficient (Wildman–Crippen LogP) is 2.68. The molecule has 0 amide bonds. The zero-order valence-corrected chi connectivity index (χ0v) is 6.65. The van der Waals surface area contributed by atoms with Crippen molar-refractivity contribution in [2.75, 3.05) is 0 Å². The van der Waals surface area contributed by atoms with Crippen molar-refractivity contribution in [2.24, 2.45) is 0 Å². The Balaban J connectivity index is 3.32. The van der Waals surface area contributed by atoms with E-state index in [9.17, 15) is 9.18 Å². The summed E-state index contributed by atoms with van der Waals surface area (Å²) in [7, 11) is 0. The standard InChI is InChI=1S/C8H6ClFO/c1-5(11)8-6(9)3-2-4-7(8)10/h2-4H,1H3. The number of carbonyl (C=O) groups is 1. The summed E-state index contributed by atoms with van der Waals surface area (Å²) in [6.07, 6.45) is 0. The van der Waals surface area contributed by atoms with Crippen LogP contribution in [0.4, 0.5) is 4.39 Å². The molecule has 0 fully saturated rings. The first-order valence-electron chi connectivity index (χ1n) is 3.08. The minimum Gasteiger partial charge on any atom is -0.294 e. The molecule has 58 valence electrons. The Labute approximate surface area is 68.8 Å². The largest absolute Gasteiger partial charge is 0.294 e. The van der Waals surface area contributed by atoms with E-state index in [0.717, 1.165) is 0 Å². The van der Waals surface area contributed by atoms with E-state index in [0.29, 0.717) is 0 Å². The molecular formula is C8H6ClFO. The molecule has 1 rings (SSSR count). The van der Waals surface area contributed by atoms with Crippen molar-refractivity contribution < 1.29 is 9.18 Å². The molecule has 0 saturated carbocycles. The van der Waals surface area contributed by atoms with Crippen LogP contribution in [0.5, 0.6) is 0 Å². The van der Waals surface area contributed by atoms with Crippen molar-refractivity contribution in [1.29, 1.82) is 0 Å². The summed E-state index contributed by atoms with van der Waals surface area (Å²) in [4.78, 5) is 10.8. The molecule has 1 aromatic rings. The highest BCUT2D eigenvalue weighted by Gasteiger charge is 2.10. The zero-order chi connectivity index (χ0) is 8.43. The third kappa shape index (κ3) is 1.57. The smallest absolute Gasteiger partial charge is 0.164 e. The molecule has 0 aliphatic carbocycles. The quantitative estimate of drug-likeness (QED) is 0.596. The van der Waals surface area contributed by atoms with Gasteiger partial charge in [-0.2, -0.15) is 0 Å². The molecule has 0 unspecified atom stereocenters. The molecule has 0 atom stereocenters. The van der Waals surface area contributed by atoms with Gasteiger partial charge in [0.2, 0.25) is 0 Å². The van der Waals surface area contributed by atoms with Gasteiger partial charge in [-0.25, -0.2) is 4.39 Å². The maximum absolute atomic E-state index is 12.8. The van der Waals surface area contributed by atoms with Gasteiger partial charge < -0.3 is 0 Å². The lowest BCUT2D eigenvalue weighted by molar-refractivity contribution is 0.101. The number of halogens is 2. The van der Waals surface area contributed by atoms with Crippen molar-refractivity contribution in [3.05, 3.63) is 34.6 Å². The average Bonchev–Trinajstić information content (AvgIpc) is 1.85. The number of benzene rings is 1. The topological polar surface area (TPSA) is 17.1 Å². The molecule has 0 N–H and O–H groups in total. The summed E-state index contributed by atoms with van der Waals surface area (Å²) in [5.74, 6) is -0.918. The van der Waals surface area contributed by atoms with Gasteiger partial charge in [0, 0.05) is 0 Å². The molecule has 0 radical (unpaired) electrons. The number of rotatable bonds is 1. The number of ketones is 1. The molecule has 0 spiro atoms. The summed E-state index contributed by atoms with van der Waals surface area (Å²) >= 11 is 5.56. The number of carbonyl (C=O) groups excluding carboxylic acids is 1. The number of Topliss-reactive ketones (excluding diaryl/α,β-unsaturated/α-hetero) is 1. The molecule has 11 heavy (non-hydrogen) atoms. The van der Waals surface area contributed by atoms with Crippen molar-refractivity contribution in [3.8, 4) is 0 Å². The summed E-state index contributed by atoms with van der Waals surface area (Å²) in [5.41, 5.74) is -0.0332. The highest BCUT2D eigenvalue weighted by atomic mass is 35.5. The maximum Gasteiger partial charge on any atom is 0.164 e. The normalized spacial score (nSPS) is 9.73. The van der Waals surface area contributed by atoms with Crippen LogP contribution in [0.2, 0.25) is 5.02 Å². The van der Waals surface area contributed by atoms with Gasteiger partial charge in [0.1, 0.15) is 5.82 Å². The van der Waals surface area contributed by atoms with Crippen LogP contribution in [-0.2, 0) is 0 Å². The fourth-order valence-corrected chi connectivity index (χ4v) is 1.13. The molecule has 0 heterocycles. The number of hydrogen-bond donors (Lipinski definition) is 0. The van der Waals surface area contributed by atoms with Gasteiger partial charge in [-0.05, 0) is 19.1 Å². The van der Waals surface area contributed by atoms with E-state index in [1.165, 1.54) is 25.1 Å². The molecule has 3 heteroatoms. The Bertz CT molecular complexity index is 276. The molecule has 0 aromatic heterocycles. The molecule has 0 aliphatic rings. The van der Waals surface area contributed by atoms with Gasteiger partial charge in [-0.15, -0.1) is 0 Å². The van der Waals surface area contributed by atoms with Gasteiger partial charge in [0.15, 0.2) is 5.78 Å². The summed E-state index contributed by atoms with van der Waals surface area (Å²) < 4.78 is 12.8. The van der Waals surface area contributed by atoms with Crippen molar-refractivity contribution in [3.63, 3.8) is 0 Å². The van der Waals surface area contributed by atoms with Crippen molar-refractivity contribution in [2.45, 2.75) is 6.92 Å². The fourth-order valence-electron chi connectivity index (χ4n) is 0.834. The van der Waals surface area contributed by atoms with E-state index < -0.39 is 5.82 Å². The van der Waals surface area contributed by atoms with Crippen LogP contribution in [0, 0.1) is 5.82 Å². The van der Waals surface area contributed by atoms with Crippen LogP contribution in [0.3, 0.4) is 0 Å². The van der Waals surface area contributed by atoms with Crippen LogP contribution >= 0.6 is 11.6 Å². The average molecular weight is 173 g/mol. The molecule has 1 aromatic carbocycles. The molecular weight excluding hydrogens is 167 g/mol. The molecule has 0 bridgehead atoms. The zero-order valence-electron chi connectivity index (χ0n) is 5.90. The Morgan fingerprint density at radius 2 is 2.18 bits per heavy atom. The maximum atomic E-state index is 12.8. The van der Waals surface area contributed by atoms with E-state index in [4.69, 9.17) is 11.6 Å². The van der Waals surface area contributed by atoms with Crippen molar-refractivity contribution in [1.82, 2.24) is 0 Å².